The van der Waals surface area contributed by atoms with Crippen molar-refractivity contribution < 1.29 is 4.79 Å². The van der Waals surface area contributed by atoms with Gasteiger partial charge in [0.15, 0.2) is 0 Å². The van der Waals surface area contributed by atoms with E-state index in [4.69, 9.17) is 17.3 Å². The highest BCUT2D eigenvalue weighted by Crippen LogP contribution is 2.49. The number of nitrogens with two attached hydrogens (primary N) is 1. The third-order valence-electron chi connectivity index (χ3n) is 4.90. The highest BCUT2D eigenvalue weighted by atomic mass is 35.5. The van der Waals surface area contributed by atoms with Crippen LogP contribution in [0.4, 0.5) is 0 Å². The number of piperidine rings is 1. The van der Waals surface area contributed by atoms with Crippen LogP contribution in [0.1, 0.15) is 37.7 Å². The van der Waals surface area contributed by atoms with Crippen LogP contribution in [0.15, 0.2) is 24.3 Å². The summed E-state index contributed by atoms with van der Waals surface area (Å²) in [5.74, 6) is 1.26. The van der Waals surface area contributed by atoms with Gasteiger partial charge in [0, 0.05) is 30.1 Å². The van der Waals surface area contributed by atoms with Crippen LogP contribution in [0.5, 0.6) is 0 Å². The number of benzene rings is 1. The Hall–Kier alpha value is -1.06. The van der Waals surface area contributed by atoms with Crippen molar-refractivity contribution in [3.8, 4) is 0 Å². The summed E-state index contributed by atoms with van der Waals surface area (Å²) in [5, 5.41) is 0.751. The fourth-order valence-corrected chi connectivity index (χ4v) is 3.65. The molecule has 2 N–H and O–H groups in total. The first-order valence-electron chi connectivity index (χ1n) is 7.86. The van der Waals surface area contributed by atoms with Gasteiger partial charge in [0.2, 0.25) is 5.91 Å². The molecule has 0 unspecified atom stereocenters. The van der Waals surface area contributed by atoms with E-state index in [2.05, 4.69) is 6.07 Å². The Morgan fingerprint density at radius 2 is 2.29 bits per heavy atom. The second-order valence-corrected chi connectivity index (χ2v) is 6.99. The van der Waals surface area contributed by atoms with E-state index < -0.39 is 0 Å². The van der Waals surface area contributed by atoms with Gasteiger partial charge in [0.05, 0.1) is 0 Å². The molecule has 0 aromatic heterocycles. The summed E-state index contributed by atoms with van der Waals surface area (Å²) in [6.45, 7) is 3.76. The molecule has 1 amide bonds. The molecular weight excluding hydrogens is 284 g/mol. The van der Waals surface area contributed by atoms with Gasteiger partial charge in [-0.25, -0.2) is 0 Å². The maximum Gasteiger partial charge on any atom is 0.226 e. The van der Waals surface area contributed by atoms with Crippen molar-refractivity contribution in [2.75, 3.05) is 13.1 Å². The second kappa shape index (κ2) is 5.98. The normalized spacial score (nSPS) is 30.0. The lowest BCUT2D eigenvalue weighted by Crippen LogP contribution is -2.45. The second-order valence-electron chi connectivity index (χ2n) is 6.55. The number of nitrogens with zero attached hydrogens (tertiary/aromatic N) is 1. The minimum absolute atomic E-state index is 0.148. The number of hydrogen-bond donors (Lipinski definition) is 1. The first-order valence-corrected chi connectivity index (χ1v) is 8.24. The van der Waals surface area contributed by atoms with E-state index in [1.54, 1.807) is 0 Å². The molecule has 0 spiro atoms. The van der Waals surface area contributed by atoms with Gasteiger partial charge < -0.3 is 10.6 Å². The Bertz CT molecular complexity index is 531. The summed E-state index contributed by atoms with van der Waals surface area (Å²) in [6.07, 6.45) is 3.18. The average molecular weight is 307 g/mol. The van der Waals surface area contributed by atoms with Crippen LogP contribution in [0.25, 0.3) is 0 Å². The van der Waals surface area contributed by atoms with Crippen LogP contribution in [0.2, 0.25) is 5.02 Å². The van der Waals surface area contributed by atoms with Crippen molar-refractivity contribution in [1.29, 1.82) is 0 Å². The molecule has 1 saturated heterocycles. The molecule has 4 heteroatoms. The standard InChI is InChI=1S/C17H23ClN2O/c1-11(19)13-5-3-7-20(10-13)17(21)16-9-15(16)12-4-2-6-14(18)8-12/h2,4,6,8,11,13,15-16H,3,5,7,9-10,19H2,1H3/t11-,13+,15-,16+/m0/s1. The Labute approximate surface area is 131 Å². The number of carbonyl (C=O) groups is 1. The zero-order valence-electron chi connectivity index (χ0n) is 12.5. The van der Waals surface area contributed by atoms with Crippen molar-refractivity contribution in [2.24, 2.45) is 17.6 Å². The van der Waals surface area contributed by atoms with Gasteiger partial charge in [-0.15, -0.1) is 0 Å². The molecule has 3 rings (SSSR count). The Morgan fingerprint density at radius 3 is 3.00 bits per heavy atom. The summed E-state index contributed by atoms with van der Waals surface area (Å²) >= 11 is 6.04. The molecule has 0 bridgehead atoms. The minimum atomic E-state index is 0.148. The number of likely N-dealkylation sites (tertiary alicyclic amines) is 1. The molecule has 1 saturated carbocycles. The number of halogens is 1. The predicted molar refractivity (Wildman–Crippen MR) is 85.3 cm³/mol. The third kappa shape index (κ3) is 3.24. The van der Waals surface area contributed by atoms with Gasteiger partial charge in [-0.2, -0.15) is 0 Å². The molecule has 1 aromatic rings. The minimum Gasteiger partial charge on any atom is -0.342 e. The topological polar surface area (TPSA) is 46.3 Å². The Morgan fingerprint density at radius 1 is 1.48 bits per heavy atom. The molecule has 4 atom stereocenters. The SMILES string of the molecule is C[C@H](N)[C@@H]1CCCN(C(=O)[C@@H]2C[C@H]2c2cccc(Cl)c2)C1. The summed E-state index contributed by atoms with van der Waals surface area (Å²) in [5.41, 5.74) is 7.20. The number of hydrogen-bond acceptors (Lipinski definition) is 2. The zero-order valence-corrected chi connectivity index (χ0v) is 13.2. The van der Waals surface area contributed by atoms with Gasteiger partial charge in [-0.05, 0) is 55.7 Å². The maximum atomic E-state index is 12.6. The van der Waals surface area contributed by atoms with Gasteiger partial charge in [-0.1, -0.05) is 23.7 Å². The van der Waals surface area contributed by atoms with Gasteiger partial charge in [0.25, 0.3) is 0 Å². The van der Waals surface area contributed by atoms with Crippen LogP contribution in [-0.4, -0.2) is 29.9 Å². The van der Waals surface area contributed by atoms with Crippen LogP contribution in [0.3, 0.4) is 0 Å². The zero-order chi connectivity index (χ0) is 15.0. The van der Waals surface area contributed by atoms with Gasteiger partial charge in [-0.3, -0.25) is 4.79 Å². The lowest BCUT2D eigenvalue weighted by Gasteiger charge is -2.34. The number of amides is 1. The Balaban J connectivity index is 1.62. The van der Waals surface area contributed by atoms with Gasteiger partial charge >= 0.3 is 0 Å². The van der Waals surface area contributed by atoms with E-state index >= 15 is 0 Å². The molecule has 2 fully saturated rings. The molecule has 0 radical (unpaired) electrons. The molecular formula is C17H23ClN2O. The van der Waals surface area contributed by atoms with Crippen molar-refractivity contribution >= 4 is 17.5 Å². The highest BCUT2D eigenvalue weighted by Gasteiger charge is 2.46. The van der Waals surface area contributed by atoms with Crippen LogP contribution in [0, 0.1) is 11.8 Å². The smallest absolute Gasteiger partial charge is 0.226 e. The van der Waals surface area contributed by atoms with Gasteiger partial charge in [0.1, 0.15) is 0 Å². The largest absolute Gasteiger partial charge is 0.342 e. The lowest BCUT2D eigenvalue weighted by atomic mass is 9.92. The lowest BCUT2D eigenvalue weighted by molar-refractivity contribution is -0.134. The summed E-state index contributed by atoms with van der Waals surface area (Å²) in [4.78, 5) is 14.7. The quantitative estimate of drug-likeness (QED) is 0.933. The molecule has 1 aliphatic heterocycles. The Kier molecular flexibility index (Phi) is 4.23. The fourth-order valence-electron chi connectivity index (χ4n) is 3.45. The van der Waals surface area contributed by atoms with Crippen LogP contribution >= 0.6 is 11.6 Å². The molecule has 1 heterocycles. The molecule has 21 heavy (non-hydrogen) atoms. The maximum absolute atomic E-state index is 12.6. The summed E-state index contributed by atoms with van der Waals surface area (Å²) in [7, 11) is 0. The van der Waals surface area contributed by atoms with Crippen molar-refractivity contribution in [1.82, 2.24) is 4.90 Å². The van der Waals surface area contributed by atoms with Crippen LogP contribution in [-0.2, 0) is 4.79 Å². The highest BCUT2D eigenvalue weighted by molar-refractivity contribution is 6.30. The molecule has 1 aromatic carbocycles. The van der Waals surface area contributed by atoms with Crippen molar-refractivity contribution in [3.63, 3.8) is 0 Å². The first kappa shape index (κ1) is 14.9. The van der Waals surface area contributed by atoms with Crippen molar-refractivity contribution in [3.05, 3.63) is 34.9 Å². The molecule has 2 aliphatic rings. The molecule has 1 aliphatic carbocycles. The average Bonchev–Trinajstić information content (AvgIpc) is 3.27. The fraction of sp³-hybridized carbons (Fsp3) is 0.588. The van der Waals surface area contributed by atoms with E-state index in [0.717, 1.165) is 37.4 Å². The summed E-state index contributed by atoms with van der Waals surface area (Å²) < 4.78 is 0. The van der Waals surface area contributed by atoms with E-state index in [0.29, 0.717) is 17.7 Å². The summed E-state index contributed by atoms with van der Waals surface area (Å²) in [6, 6.07) is 8.07. The molecule has 3 nitrogen and oxygen atoms in total. The monoisotopic (exact) mass is 306 g/mol. The van der Waals surface area contributed by atoms with E-state index in [-0.39, 0.29) is 12.0 Å². The number of rotatable bonds is 3. The van der Waals surface area contributed by atoms with E-state index in [9.17, 15) is 4.79 Å². The third-order valence-corrected chi connectivity index (χ3v) is 5.13. The first-order chi connectivity index (χ1) is 10.1. The van der Waals surface area contributed by atoms with Crippen LogP contribution < -0.4 is 5.73 Å². The predicted octanol–water partition coefficient (Wildman–Crippen LogP) is 3.03. The van der Waals surface area contributed by atoms with E-state index in [1.807, 2.05) is 30.0 Å². The van der Waals surface area contributed by atoms with E-state index in [1.165, 1.54) is 5.56 Å². The molecule has 114 valence electrons. The number of carbonyl (C=O) groups excluding carboxylic acids is 1. The van der Waals surface area contributed by atoms with Crippen molar-refractivity contribution in [2.45, 2.75) is 38.1 Å².